The van der Waals surface area contributed by atoms with Crippen LogP contribution in [0.1, 0.15) is 36.6 Å². The third-order valence-electron chi connectivity index (χ3n) is 6.60. The fourth-order valence-corrected chi connectivity index (χ4v) is 4.47. The first kappa shape index (κ1) is 32.3. The van der Waals surface area contributed by atoms with Crippen molar-refractivity contribution in [1.82, 2.24) is 16.1 Å². The fraction of sp³-hybridized carbons (Fsp3) is 0.250. The van der Waals surface area contributed by atoms with Gasteiger partial charge < -0.3 is 34.3 Å². The molecular weight excluding hydrogens is 587 g/mol. The zero-order valence-electron chi connectivity index (χ0n) is 25.1. The second-order valence-electron chi connectivity index (χ2n) is 9.54. The number of methoxy groups -OCH3 is 2. The Morgan fingerprint density at radius 3 is 2.51 bits per heavy atom. The lowest BCUT2D eigenvalue weighted by atomic mass is 9.95. The van der Waals surface area contributed by atoms with Gasteiger partial charge in [0.2, 0.25) is 0 Å². The number of nitrogens with one attached hydrogen (secondary N) is 3. The van der Waals surface area contributed by atoms with E-state index in [9.17, 15) is 18.8 Å². The molecule has 0 saturated heterocycles. The lowest BCUT2D eigenvalue weighted by Crippen LogP contribution is -2.45. The molecule has 3 amide bonds. The third kappa shape index (κ3) is 8.07. The predicted molar refractivity (Wildman–Crippen MR) is 162 cm³/mol. The Kier molecular flexibility index (Phi) is 10.9. The Morgan fingerprint density at radius 1 is 1.00 bits per heavy atom. The summed E-state index contributed by atoms with van der Waals surface area (Å²) in [6, 6.07) is 14.9. The molecule has 3 aromatic rings. The highest BCUT2D eigenvalue weighted by atomic mass is 19.1. The molecule has 0 aliphatic carbocycles. The van der Waals surface area contributed by atoms with Gasteiger partial charge in [-0.25, -0.2) is 19.4 Å². The van der Waals surface area contributed by atoms with Crippen molar-refractivity contribution in [1.29, 1.82) is 0 Å². The number of carbonyl (C=O) groups is 3. The lowest BCUT2D eigenvalue weighted by Gasteiger charge is -2.28. The fourth-order valence-electron chi connectivity index (χ4n) is 4.47. The molecule has 12 nitrogen and oxygen atoms in total. The predicted octanol–water partition coefficient (Wildman–Crippen LogP) is 4.14. The van der Waals surface area contributed by atoms with Gasteiger partial charge >= 0.3 is 12.0 Å². The number of esters is 1. The first-order chi connectivity index (χ1) is 21.7. The van der Waals surface area contributed by atoms with Gasteiger partial charge in [0.05, 0.1) is 38.7 Å². The maximum Gasteiger partial charge on any atom is 0.338 e. The molecule has 4 rings (SSSR count). The standard InChI is InChI=1S/C32H33FN4O8/c1-5-43-31(39)28-19(2)35-32(40)36-29(28)20-13-14-24(26(15-20)42-4)44-18-27(38)37-34-16-21-10-8-12-25(41-3)30(21)45-17-22-9-6-7-11-23(22)33/h6-16,29H,5,17-18H2,1-4H3,(H,37,38)(H2,35,36,40)/b34-16+/t29-/m1/s1. The average Bonchev–Trinajstić information content (AvgIpc) is 3.03. The molecule has 0 bridgehead atoms. The monoisotopic (exact) mass is 620 g/mol. The molecule has 0 saturated carbocycles. The van der Waals surface area contributed by atoms with Gasteiger partial charge in [-0.15, -0.1) is 0 Å². The number of urea groups is 1. The molecule has 0 radical (unpaired) electrons. The topological polar surface area (TPSA) is 146 Å². The molecule has 1 aliphatic rings. The van der Waals surface area contributed by atoms with Crippen molar-refractivity contribution in [3.05, 3.63) is 94.4 Å². The molecule has 13 heteroatoms. The van der Waals surface area contributed by atoms with Gasteiger partial charge in [-0.1, -0.05) is 30.3 Å². The Morgan fingerprint density at radius 2 is 1.78 bits per heavy atom. The van der Waals surface area contributed by atoms with Crippen LogP contribution in [0.4, 0.5) is 9.18 Å². The summed E-state index contributed by atoms with van der Waals surface area (Å²) in [6.45, 7) is 3.02. The smallest absolute Gasteiger partial charge is 0.338 e. The Balaban J connectivity index is 1.41. The van der Waals surface area contributed by atoms with Crippen molar-refractivity contribution in [3.63, 3.8) is 0 Å². The number of benzene rings is 3. The summed E-state index contributed by atoms with van der Waals surface area (Å²) in [4.78, 5) is 37.3. The Labute approximate surface area is 259 Å². The van der Waals surface area contributed by atoms with E-state index in [1.807, 2.05) is 0 Å². The summed E-state index contributed by atoms with van der Waals surface area (Å²) in [5.41, 5.74) is 4.40. The molecule has 0 aromatic heterocycles. The molecule has 3 N–H and O–H groups in total. The minimum Gasteiger partial charge on any atom is -0.493 e. The van der Waals surface area contributed by atoms with E-state index >= 15 is 0 Å². The second kappa shape index (κ2) is 15.2. The molecule has 1 atom stereocenters. The largest absolute Gasteiger partial charge is 0.493 e. The number of carbonyl (C=O) groups excluding carboxylic acids is 3. The Bertz CT molecular complexity index is 1620. The highest BCUT2D eigenvalue weighted by molar-refractivity contribution is 5.95. The summed E-state index contributed by atoms with van der Waals surface area (Å²) in [7, 11) is 2.90. The minimum atomic E-state index is -0.796. The number of nitrogens with zero attached hydrogens (tertiary/aromatic N) is 1. The van der Waals surface area contributed by atoms with Crippen molar-refractivity contribution in [2.24, 2.45) is 5.10 Å². The number of para-hydroxylation sites is 1. The number of hydrogen-bond donors (Lipinski definition) is 3. The number of halogens is 1. The van der Waals surface area contributed by atoms with Crippen molar-refractivity contribution in [2.75, 3.05) is 27.4 Å². The molecule has 236 valence electrons. The highest BCUT2D eigenvalue weighted by Crippen LogP contribution is 2.35. The van der Waals surface area contributed by atoms with E-state index < -0.39 is 36.4 Å². The summed E-state index contributed by atoms with van der Waals surface area (Å²) in [6.07, 6.45) is 1.37. The number of hydrazone groups is 1. The quantitative estimate of drug-likeness (QED) is 0.147. The van der Waals surface area contributed by atoms with Crippen molar-refractivity contribution >= 4 is 24.1 Å². The molecule has 1 aliphatic heterocycles. The van der Waals surface area contributed by atoms with Gasteiger partial charge in [0, 0.05) is 16.8 Å². The average molecular weight is 621 g/mol. The van der Waals surface area contributed by atoms with E-state index in [-0.39, 0.29) is 30.3 Å². The number of ether oxygens (including phenoxy) is 5. The molecule has 0 spiro atoms. The molecule has 0 unspecified atom stereocenters. The number of allylic oxidation sites excluding steroid dienone is 1. The minimum absolute atomic E-state index is 0.0429. The maximum atomic E-state index is 14.1. The van der Waals surface area contributed by atoms with Crippen molar-refractivity contribution in [3.8, 4) is 23.0 Å². The zero-order chi connectivity index (χ0) is 32.3. The van der Waals surface area contributed by atoms with Gasteiger partial charge in [0.25, 0.3) is 5.91 Å². The van der Waals surface area contributed by atoms with Gasteiger partial charge in [-0.05, 0) is 49.7 Å². The summed E-state index contributed by atoms with van der Waals surface area (Å²) in [5.74, 6) is -0.286. The summed E-state index contributed by atoms with van der Waals surface area (Å²) in [5, 5.41) is 9.30. The molecule has 45 heavy (non-hydrogen) atoms. The van der Waals surface area contributed by atoms with Crippen molar-refractivity contribution in [2.45, 2.75) is 26.5 Å². The van der Waals surface area contributed by atoms with Crippen molar-refractivity contribution < 1.29 is 42.5 Å². The number of rotatable bonds is 13. The normalized spacial score (nSPS) is 14.3. The molecule has 3 aromatic carbocycles. The van der Waals surface area contributed by atoms with Crippen LogP contribution in [0.15, 0.2) is 77.0 Å². The Hall–Kier alpha value is -5.59. The molecule has 1 heterocycles. The van der Waals surface area contributed by atoms with Gasteiger partial charge in [0.15, 0.2) is 29.6 Å². The van der Waals surface area contributed by atoms with Crippen LogP contribution in [0.25, 0.3) is 0 Å². The third-order valence-corrected chi connectivity index (χ3v) is 6.60. The van der Waals surface area contributed by atoms with Crippen LogP contribution in [0, 0.1) is 5.82 Å². The van der Waals surface area contributed by atoms with Gasteiger partial charge in [0.1, 0.15) is 12.4 Å². The van der Waals surface area contributed by atoms with Crippen LogP contribution in [0.2, 0.25) is 0 Å². The van der Waals surface area contributed by atoms with E-state index in [1.165, 1.54) is 26.5 Å². The van der Waals surface area contributed by atoms with Crippen LogP contribution in [-0.2, 0) is 20.9 Å². The number of hydrogen-bond acceptors (Lipinski definition) is 9. The van der Waals surface area contributed by atoms with E-state index in [0.717, 1.165) is 0 Å². The van der Waals surface area contributed by atoms with E-state index in [0.29, 0.717) is 33.9 Å². The number of amides is 3. The van der Waals surface area contributed by atoms with Crippen LogP contribution in [0.3, 0.4) is 0 Å². The van der Waals surface area contributed by atoms with E-state index in [1.54, 1.807) is 68.4 Å². The maximum absolute atomic E-state index is 14.1. The van der Waals surface area contributed by atoms with Crippen LogP contribution in [0.5, 0.6) is 23.0 Å². The first-order valence-corrected chi connectivity index (χ1v) is 13.9. The highest BCUT2D eigenvalue weighted by Gasteiger charge is 2.32. The SMILES string of the molecule is CCOC(=O)C1=C(C)NC(=O)N[C@@H]1c1ccc(OCC(=O)N/N=C/c2cccc(OC)c2OCc2ccccc2F)c(OC)c1. The summed E-state index contributed by atoms with van der Waals surface area (Å²) >= 11 is 0. The first-order valence-electron chi connectivity index (χ1n) is 13.9. The van der Waals surface area contributed by atoms with Crippen LogP contribution >= 0.6 is 0 Å². The van der Waals surface area contributed by atoms with Crippen LogP contribution in [-0.4, -0.2) is 51.6 Å². The second-order valence-corrected chi connectivity index (χ2v) is 9.54. The lowest BCUT2D eigenvalue weighted by molar-refractivity contribution is -0.139. The van der Waals surface area contributed by atoms with E-state index in [4.69, 9.17) is 23.7 Å². The van der Waals surface area contributed by atoms with Gasteiger partial charge in [-0.3, -0.25) is 4.79 Å². The molecular formula is C32H33FN4O8. The van der Waals surface area contributed by atoms with E-state index in [2.05, 4.69) is 21.2 Å². The van der Waals surface area contributed by atoms with Crippen LogP contribution < -0.4 is 35.0 Å². The van der Waals surface area contributed by atoms with Gasteiger partial charge in [-0.2, -0.15) is 5.10 Å². The summed E-state index contributed by atoms with van der Waals surface area (Å²) < 4.78 is 41.6. The molecule has 0 fully saturated rings. The zero-order valence-corrected chi connectivity index (χ0v) is 25.1.